The van der Waals surface area contributed by atoms with E-state index < -0.39 is 34.0 Å². The first-order valence-electron chi connectivity index (χ1n) is 11.1. The van der Waals surface area contributed by atoms with Crippen LogP contribution in [0.2, 0.25) is 0 Å². The van der Waals surface area contributed by atoms with Crippen LogP contribution in [0, 0.1) is 0 Å². The molecule has 4 rings (SSSR count). The monoisotopic (exact) mass is 478 g/mol. The van der Waals surface area contributed by atoms with Gasteiger partial charge in [0.2, 0.25) is 15.9 Å². The number of sulfonamides is 1. The lowest BCUT2D eigenvalue weighted by Crippen LogP contribution is -2.53. The van der Waals surface area contributed by atoms with Crippen molar-refractivity contribution in [3.05, 3.63) is 102 Å². The maximum Gasteiger partial charge on any atom is 0.337 e. The Kier molecular flexibility index (Phi) is 7.09. The Labute approximate surface area is 199 Å². The van der Waals surface area contributed by atoms with E-state index in [2.05, 4.69) is 4.72 Å². The van der Waals surface area contributed by atoms with Crippen molar-refractivity contribution in [1.29, 1.82) is 0 Å². The van der Waals surface area contributed by atoms with Gasteiger partial charge in [-0.15, -0.1) is 0 Å². The maximum atomic E-state index is 13.5. The van der Waals surface area contributed by atoms with E-state index in [1.54, 1.807) is 42.5 Å². The summed E-state index contributed by atoms with van der Waals surface area (Å²) >= 11 is 0. The van der Waals surface area contributed by atoms with Gasteiger partial charge in [0.15, 0.2) is 5.54 Å². The fraction of sp³-hybridized carbons (Fsp3) is 0.231. The van der Waals surface area contributed by atoms with Crippen molar-refractivity contribution in [2.75, 3.05) is 13.1 Å². The van der Waals surface area contributed by atoms with E-state index in [0.29, 0.717) is 24.9 Å². The topological polar surface area (TPSA) is 92.8 Å². The van der Waals surface area contributed by atoms with Crippen molar-refractivity contribution in [3.8, 4) is 0 Å². The van der Waals surface area contributed by atoms with E-state index in [0.717, 1.165) is 5.56 Å². The Morgan fingerprint density at radius 2 is 1.47 bits per heavy atom. The summed E-state index contributed by atoms with van der Waals surface area (Å²) in [6, 6.07) is 26.2. The van der Waals surface area contributed by atoms with Crippen LogP contribution in [-0.4, -0.2) is 38.3 Å². The van der Waals surface area contributed by atoms with Crippen molar-refractivity contribution >= 4 is 21.9 Å². The number of nitrogens with one attached hydrogen (secondary N) is 1. The molecule has 7 nitrogen and oxygen atoms in total. The number of ether oxygens (including phenoxy) is 1. The van der Waals surface area contributed by atoms with E-state index in [4.69, 9.17) is 4.74 Å². The summed E-state index contributed by atoms with van der Waals surface area (Å²) in [7, 11) is -3.87. The Balaban J connectivity index is 1.57. The fourth-order valence-electron chi connectivity index (χ4n) is 4.28. The Bertz CT molecular complexity index is 1230. The molecule has 0 bridgehead atoms. The van der Waals surface area contributed by atoms with Gasteiger partial charge in [0, 0.05) is 6.54 Å². The van der Waals surface area contributed by atoms with Crippen LogP contribution in [0.1, 0.15) is 24.0 Å². The van der Waals surface area contributed by atoms with Crippen molar-refractivity contribution in [2.45, 2.75) is 29.9 Å². The first-order valence-corrected chi connectivity index (χ1v) is 12.5. The van der Waals surface area contributed by atoms with Gasteiger partial charge in [0.1, 0.15) is 6.61 Å². The third-order valence-electron chi connectivity index (χ3n) is 5.95. The van der Waals surface area contributed by atoms with Gasteiger partial charge in [-0.3, -0.25) is 4.79 Å². The Morgan fingerprint density at radius 1 is 0.882 bits per heavy atom. The minimum atomic E-state index is -3.87. The quantitative estimate of drug-likeness (QED) is 0.502. The van der Waals surface area contributed by atoms with Gasteiger partial charge in [-0.05, 0) is 36.1 Å². The van der Waals surface area contributed by atoms with E-state index >= 15 is 0 Å². The molecule has 0 unspecified atom stereocenters. The highest BCUT2D eigenvalue weighted by Gasteiger charge is 2.52. The molecule has 8 heteroatoms. The van der Waals surface area contributed by atoms with E-state index in [1.165, 1.54) is 17.0 Å². The molecule has 3 aromatic rings. The molecule has 1 heterocycles. The van der Waals surface area contributed by atoms with E-state index in [1.807, 2.05) is 36.4 Å². The molecule has 176 valence electrons. The first-order chi connectivity index (χ1) is 16.4. The van der Waals surface area contributed by atoms with Crippen LogP contribution < -0.4 is 4.72 Å². The third-order valence-corrected chi connectivity index (χ3v) is 7.37. The first kappa shape index (κ1) is 23.7. The lowest BCUT2D eigenvalue weighted by molar-refractivity contribution is -0.163. The molecule has 1 atom stereocenters. The van der Waals surface area contributed by atoms with Crippen molar-refractivity contribution in [2.24, 2.45) is 0 Å². The number of amides is 1. The number of likely N-dealkylation sites (tertiary alicyclic amines) is 1. The highest BCUT2D eigenvalue weighted by molar-refractivity contribution is 7.89. The zero-order chi connectivity index (χ0) is 24.0. The molecule has 1 amide bonds. The lowest BCUT2D eigenvalue weighted by Gasteiger charge is -2.37. The maximum absolute atomic E-state index is 13.5. The number of nitrogens with zero attached hydrogens (tertiary/aromatic N) is 1. The molecular formula is C26H26N2O5S. The van der Waals surface area contributed by atoms with Gasteiger partial charge < -0.3 is 9.64 Å². The second kappa shape index (κ2) is 10.2. The standard InChI is InChI=1S/C26H26N2O5S/c29-24(19-27-34(31,32)23-15-8-3-9-16-23)28-18-10-17-26(28,22-13-6-2-7-14-22)25(30)33-20-21-11-4-1-5-12-21/h1-9,11-16,27H,10,17-20H2/t26-/m1/s1. The molecule has 0 spiro atoms. The molecule has 1 fully saturated rings. The van der Waals surface area contributed by atoms with Crippen molar-refractivity contribution in [3.63, 3.8) is 0 Å². The highest BCUT2D eigenvalue weighted by atomic mass is 32.2. The smallest absolute Gasteiger partial charge is 0.337 e. The predicted octanol–water partition coefficient (Wildman–Crippen LogP) is 3.23. The average molecular weight is 479 g/mol. The van der Waals surface area contributed by atoms with Crippen molar-refractivity contribution < 1.29 is 22.7 Å². The van der Waals surface area contributed by atoms with Crippen LogP contribution in [0.3, 0.4) is 0 Å². The van der Waals surface area contributed by atoms with Gasteiger partial charge in [-0.2, -0.15) is 0 Å². The van der Waals surface area contributed by atoms with Gasteiger partial charge in [-0.25, -0.2) is 17.9 Å². The minimum Gasteiger partial charge on any atom is -0.459 e. The molecule has 0 saturated carbocycles. The number of esters is 1. The number of rotatable bonds is 8. The molecule has 3 aromatic carbocycles. The third kappa shape index (κ3) is 4.88. The minimum absolute atomic E-state index is 0.0702. The molecule has 0 aliphatic carbocycles. The van der Waals surface area contributed by atoms with E-state index in [-0.39, 0.29) is 11.5 Å². The van der Waals surface area contributed by atoms with Gasteiger partial charge in [0.05, 0.1) is 11.4 Å². The second-order valence-electron chi connectivity index (χ2n) is 8.07. The van der Waals surface area contributed by atoms with E-state index in [9.17, 15) is 18.0 Å². The number of carbonyl (C=O) groups excluding carboxylic acids is 2. The van der Waals surface area contributed by atoms with Crippen LogP contribution in [0.4, 0.5) is 0 Å². The van der Waals surface area contributed by atoms with Crippen LogP contribution in [0.15, 0.2) is 95.9 Å². The Morgan fingerprint density at radius 3 is 2.12 bits per heavy atom. The Hall–Kier alpha value is -3.49. The summed E-state index contributed by atoms with van der Waals surface area (Å²) in [5.41, 5.74) is 0.168. The predicted molar refractivity (Wildman–Crippen MR) is 127 cm³/mol. The second-order valence-corrected chi connectivity index (χ2v) is 9.84. The van der Waals surface area contributed by atoms with Crippen LogP contribution in [0.5, 0.6) is 0 Å². The molecule has 1 saturated heterocycles. The SMILES string of the molecule is O=C(CNS(=O)(=O)c1ccccc1)N1CCC[C@]1(C(=O)OCc1ccccc1)c1ccccc1. The number of carbonyl (C=O) groups is 2. The zero-order valence-electron chi connectivity index (χ0n) is 18.6. The van der Waals surface area contributed by atoms with Crippen LogP contribution >= 0.6 is 0 Å². The summed E-state index contributed by atoms with van der Waals surface area (Å²) in [5.74, 6) is -1.02. The summed E-state index contributed by atoms with van der Waals surface area (Å²) in [5, 5.41) is 0. The zero-order valence-corrected chi connectivity index (χ0v) is 19.4. The summed E-state index contributed by atoms with van der Waals surface area (Å²) in [4.78, 5) is 28.3. The van der Waals surface area contributed by atoms with Crippen LogP contribution in [-0.2, 0) is 36.5 Å². The molecule has 0 aromatic heterocycles. The summed E-state index contributed by atoms with van der Waals surface area (Å²) in [6.45, 7) is -0.0596. The van der Waals surface area contributed by atoms with Gasteiger partial charge >= 0.3 is 5.97 Å². The molecule has 1 aliphatic rings. The number of benzene rings is 3. The van der Waals surface area contributed by atoms with Gasteiger partial charge in [0.25, 0.3) is 0 Å². The molecule has 34 heavy (non-hydrogen) atoms. The highest BCUT2D eigenvalue weighted by Crippen LogP contribution is 2.40. The largest absolute Gasteiger partial charge is 0.459 e. The van der Waals surface area contributed by atoms with Gasteiger partial charge in [-0.1, -0.05) is 78.9 Å². The average Bonchev–Trinajstić information content (AvgIpc) is 3.34. The fourth-order valence-corrected chi connectivity index (χ4v) is 5.27. The molecular weight excluding hydrogens is 452 g/mol. The number of hydrogen-bond donors (Lipinski definition) is 1. The number of hydrogen-bond acceptors (Lipinski definition) is 5. The van der Waals surface area contributed by atoms with Crippen LogP contribution in [0.25, 0.3) is 0 Å². The summed E-state index contributed by atoms with van der Waals surface area (Å²) in [6.07, 6.45) is 0.980. The molecule has 0 radical (unpaired) electrons. The molecule has 1 aliphatic heterocycles. The molecule has 1 N–H and O–H groups in total. The lowest BCUT2D eigenvalue weighted by atomic mass is 9.87. The summed E-state index contributed by atoms with van der Waals surface area (Å²) < 4.78 is 33.3. The van der Waals surface area contributed by atoms with Crippen molar-refractivity contribution in [1.82, 2.24) is 9.62 Å². The normalized spacial score (nSPS) is 17.9.